The number of hydrogen-bond acceptors (Lipinski definition) is 4. The summed E-state index contributed by atoms with van der Waals surface area (Å²) >= 11 is 0. The fourth-order valence-corrected chi connectivity index (χ4v) is 3.27. The van der Waals surface area contributed by atoms with Gasteiger partial charge in [-0.1, -0.05) is 12.7 Å². The van der Waals surface area contributed by atoms with Gasteiger partial charge in [0.05, 0.1) is 11.0 Å². The Kier molecular flexibility index (Phi) is 3.16. The Morgan fingerprint density at radius 3 is 2.77 bits per heavy atom. The number of carbonyl (C=O) groups excluding carboxylic acids is 1. The van der Waals surface area contributed by atoms with Gasteiger partial charge in [-0.3, -0.25) is 4.79 Å². The highest BCUT2D eigenvalue weighted by atomic mass is 16.6. The van der Waals surface area contributed by atoms with Gasteiger partial charge < -0.3 is 14.6 Å². The maximum absolute atomic E-state index is 12.2. The van der Waals surface area contributed by atoms with Crippen LogP contribution in [0, 0.1) is 0 Å². The van der Waals surface area contributed by atoms with Gasteiger partial charge in [-0.2, -0.15) is 0 Å². The Labute approximate surface area is 129 Å². The molecule has 2 bridgehead atoms. The van der Waals surface area contributed by atoms with E-state index in [4.69, 9.17) is 4.74 Å². The molecule has 3 heterocycles. The fourth-order valence-electron chi connectivity index (χ4n) is 3.27. The van der Waals surface area contributed by atoms with Gasteiger partial charge in [0.1, 0.15) is 11.4 Å². The number of nitrogens with zero attached hydrogens (tertiary/aromatic N) is 2. The van der Waals surface area contributed by atoms with Crippen molar-refractivity contribution < 1.29 is 9.53 Å². The van der Waals surface area contributed by atoms with E-state index in [-0.39, 0.29) is 23.1 Å². The zero-order valence-corrected chi connectivity index (χ0v) is 13.2. The van der Waals surface area contributed by atoms with Gasteiger partial charge in [0, 0.05) is 18.8 Å². The molecule has 1 aromatic heterocycles. The van der Waals surface area contributed by atoms with Crippen LogP contribution < -0.4 is 5.56 Å². The van der Waals surface area contributed by atoms with Crippen molar-refractivity contribution in [2.75, 3.05) is 6.54 Å². The molecular weight excluding hydrogens is 282 g/mol. The standard InChI is InChI=1S/C16H21N3O3/c1-5-10-8-17-13(18-12(10)20)16-6-11(7-16)19(9-16)14(21)22-15(2,3)4/h5,8,11H,1,6-7,9H2,2-4H3,(H,17,18,20). The van der Waals surface area contributed by atoms with Crippen LogP contribution in [0.2, 0.25) is 0 Å². The summed E-state index contributed by atoms with van der Waals surface area (Å²) in [5.74, 6) is 0.658. The van der Waals surface area contributed by atoms with Crippen LogP contribution in [-0.2, 0) is 10.2 Å². The second kappa shape index (κ2) is 4.69. The Bertz CT molecular complexity index is 681. The monoisotopic (exact) mass is 303 g/mol. The van der Waals surface area contributed by atoms with E-state index < -0.39 is 5.60 Å². The molecule has 1 saturated carbocycles. The first kappa shape index (κ1) is 14.8. The smallest absolute Gasteiger partial charge is 0.410 e. The summed E-state index contributed by atoms with van der Waals surface area (Å²) < 4.78 is 5.44. The summed E-state index contributed by atoms with van der Waals surface area (Å²) in [5, 5.41) is 0. The van der Waals surface area contributed by atoms with Gasteiger partial charge in [0.2, 0.25) is 0 Å². The molecule has 0 atom stereocenters. The highest BCUT2D eigenvalue weighted by Gasteiger charge is 2.59. The van der Waals surface area contributed by atoms with E-state index in [0.717, 1.165) is 12.8 Å². The highest BCUT2D eigenvalue weighted by Crippen LogP contribution is 2.52. The summed E-state index contributed by atoms with van der Waals surface area (Å²) in [7, 11) is 0. The summed E-state index contributed by atoms with van der Waals surface area (Å²) in [5.41, 5.74) is -0.470. The first-order chi connectivity index (χ1) is 10.2. The lowest BCUT2D eigenvalue weighted by Gasteiger charge is -2.35. The van der Waals surface area contributed by atoms with Crippen molar-refractivity contribution in [3.8, 4) is 0 Å². The van der Waals surface area contributed by atoms with Crippen molar-refractivity contribution in [2.24, 2.45) is 0 Å². The highest BCUT2D eigenvalue weighted by molar-refractivity contribution is 5.70. The van der Waals surface area contributed by atoms with Gasteiger partial charge in [-0.05, 0) is 33.6 Å². The molecule has 1 amide bonds. The predicted molar refractivity (Wildman–Crippen MR) is 82.6 cm³/mol. The van der Waals surface area contributed by atoms with Crippen LogP contribution in [0.3, 0.4) is 0 Å². The van der Waals surface area contributed by atoms with Crippen LogP contribution in [0.1, 0.15) is 45.0 Å². The molecule has 3 fully saturated rings. The molecule has 0 spiro atoms. The molecular formula is C16H21N3O3. The van der Waals surface area contributed by atoms with E-state index in [0.29, 0.717) is 17.9 Å². The average Bonchev–Trinajstić information content (AvgIpc) is 2.92. The molecule has 0 aromatic carbocycles. The fraction of sp³-hybridized carbons (Fsp3) is 0.562. The van der Waals surface area contributed by atoms with E-state index in [9.17, 15) is 9.59 Å². The van der Waals surface area contributed by atoms with Crippen LogP contribution in [0.5, 0.6) is 0 Å². The molecule has 22 heavy (non-hydrogen) atoms. The average molecular weight is 303 g/mol. The number of nitrogens with one attached hydrogen (secondary N) is 1. The first-order valence-electron chi connectivity index (χ1n) is 7.46. The summed E-state index contributed by atoms with van der Waals surface area (Å²) in [4.78, 5) is 33.1. The van der Waals surface area contributed by atoms with E-state index in [1.54, 1.807) is 11.1 Å². The molecule has 1 N–H and O–H groups in total. The van der Waals surface area contributed by atoms with Gasteiger partial charge in [0.15, 0.2) is 0 Å². The van der Waals surface area contributed by atoms with Crippen LogP contribution in [0.15, 0.2) is 17.6 Å². The van der Waals surface area contributed by atoms with E-state index >= 15 is 0 Å². The topological polar surface area (TPSA) is 75.3 Å². The minimum absolute atomic E-state index is 0.180. The molecule has 2 saturated heterocycles. The molecule has 6 heteroatoms. The maximum atomic E-state index is 12.2. The number of ether oxygens (including phenoxy) is 1. The van der Waals surface area contributed by atoms with Crippen molar-refractivity contribution in [1.82, 2.24) is 14.9 Å². The zero-order chi connectivity index (χ0) is 16.1. The molecule has 118 valence electrons. The Morgan fingerprint density at radius 1 is 1.55 bits per heavy atom. The van der Waals surface area contributed by atoms with Crippen molar-refractivity contribution in [3.63, 3.8) is 0 Å². The van der Waals surface area contributed by atoms with E-state index in [2.05, 4.69) is 16.5 Å². The van der Waals surface area contributed by atoms with Crippen LogP contribution >= 0.6 is 0 Å². The SMILES string of the molecule is C=Cc1cnc(C23CC(C2)N(C(=O)OC(C)(C)C)C3)[nH]c1=O. The summed E-state index contributed by atoms with van der Waals surface area (Å²) in [6, 6.07) is 0.180. The number of amides is 1. The minimum Gasteiger partial charge on any atom is -0.444 e. The largest absolute Gasteiger partial charge is 0.444 e. The molecule has 2 aliphatic heterocycles. The normalized spacial score (nSPS) is 26.5. The van der Waals surface area contributed by atoms with Crippen molar-refractivity contribution in [3.05, 3.63) is 34.5 Å². The Balaban J connectivity index is 1.79. The van der Waals surface area contributed by atoms with E-state index in [1.165, 1.54) is 6.08 Å². The molecule has 1 aliphatic carbocycles. The minimum atomic E-state index is -0.505. The van der Waals surface area contributed by atoms with Gasteiger partial charge in [0.25, 0.3) is 5.56 Å². The van der Waals surface area contributed by atoms with Gasteiger partial charge >= 0.3 is 6.09 Å². The number of H-pyrrole nitrogens is 1. The number of hydrogen-bond donors (Lipinski definition) is 1. The maximum Gasteiger partial charge on any atom is 0.410 e. The quantitative estimate of drug-likeness (QED) is 0.907. The third kappa shape index (κ3) is 2.32. The molecule has 6 nitrogen and oxygen atoms in total. The molecule has 0 unspecified atom stereocenters. The molecule has 1 aromatic rings. The van der Waals surface area contributed by atoms with Crippen LogP contribution in [-0.4, -0.2) is 39.1 Å². The van der Waals surface area contributed by atoms with Crippen molar-refractivity contribution >= 4 is 12.2 Å². The van der Waals surface area contributed by atoms with Gasteiger partial charge in [-0.25, -0.2) is 9.78 Å². The van der Waals surface area contributed by atoms with Crippen LogP contribution in [0.25, 0.3) is 6.08 Å². The van der Waals surface area contributed by atoms with E-state index in [1.807, 2.05) is 20.8 Å². The third-order valence-corrected chi connectivity index (χ3v) is 4.34. The molecule has 3 aliphatic rings. The number of rotatable bonds is 2. The number of aromatic amines is 1. The third-order valence-electron chi connectivity index (χ3n) is 4.34. The summed E-state index contributed by atoms with van der Waals surface area (Å²) in [6.07, 6.45) is 4.38. The lowest BCUT2D eigenvalue weighted by molar-refractivity contribution is 0.0246. The van der Waals surface area contributed by atoms with Crippen molar-refractivity contribution in [1.29, 1.82) is 0 Å². The van der Waals surface area contributed by atoms with Crippen LogP contribution in [0.4, 0.5) is 4.79 Å². The Hall–Kier alpha value is -2.11. The lowest BCUT2D eigenvalue weighted by Crippen LogP contribution is -2.41. The molecule has 0 radical (unpaired) electrons. The number of aromatic nitrogens is 2. The lowest BCUT2D eigenvalue weighted by atomic mass is 9.69. The number of fused-ring (bicyclic) bond motifs is 1. The molecule has 4 rings (SSSR count). The first-order valence-corrected chi connectivity index (χ1v) is 7.46. The predicted octanol–water partition coefficient (Wildman–Crippen LogP) is 2.06. The zero-order valence-electron chi connectivity index (χ0n) is 13.2. The van der Waals surface area contributed by atoms with Crippen molar-refractivity contribution in [2.45, 2.75) is 50.7 Å². The Morgan fingerprint density at radius 2 is 2.23 bits per heavy atom. The van der Waals surface area contributed by atoms with Gasteiger partial charge in [-0.15, -0.1) is 0 Å². The second-order valence-corrected chi connectivity index (χ2v) is 7.17. The second-order valence-electron chi connectivity index (χ2n) is 7.17. The summed E-state index contributed by atoms with van der Waals surface area (Å²) in [6.45, 7) is 9.70. The number of carbonyl (C=O) groups is 1.